The summed E-state index contributed by atoms with van der Waals surface area (Å²) in [5, 5.41) is 2.53. The van der Waals surface area contributed by atoms with E-state index in [9.17, 15) is 18.4 Å². The number of carbonyl (C=O) groups is 2. The highest BCUT2D eigenvalue weighted by molar-refractivity contribution is 6.07. The van der Waals surface area contributed by atoms with Crippen molar-refractivity contribution in [2.75, 3.05) is 37.7 Å². The fraction of sp³-hybridized carbons (Fsp3) is 0.350. The standard InChI is InChI=1S/C20H21F2N5O2/c1-20(16-12-14(21)2-3-17(16)22)18(28)27(19(29)24-20)13-25-8-10-26(11-9-25)15-4-6-23-7-5-15/h2-7,12H,8-11,13H2,1H3,(H,24,29)/t20-/m1/s1. The number of urea groups is 1. The first-order valence-electron chi connectivity index (χ1n) is 9.35. The first kappa shape index (κ1) is 19.3. The van der Waals surface area contributed by atoms with Gasteiger partial charge in [-0.25, -0.2) is 18.5 Å². The summed E-state index contributed by atoms with van der Waals surface area (Å²) in [6.45, 7) is 4.29. The Morgan fingerprint density at radius 2 is 1.76 bits per heavy atom. The maximum absolute atomic E-state index is 14.2. The Hall–Kier alpha value is -3.07. The molecule has 2 fully saturated rings. The van der Waals surface area contributed by atoms with Crippen LogP contribution in [0.2, 0.25) is 0 Å². The molecule has 7 nitrogen and oxygen atoms in total. The second kappa shape index (κ2) is 7.40. The fourth-order valence-electron chi connectivity index (χ4n) is 3.79. The zero-order valence-electron chi connectivity index (χ0n) is 15.9. The SMILES string of the molecule is C[C@]1(c2cc(F)ccc2F)NC(=O)N(CN2CCN(c3ccncc3)CC2)C1=O. The lowest BCUT2D eigenvalue weighted by Crippen LogP contribution is -2.51. The Labute approximate surface area is 166 Å². The molecule has 0 spiro atoms. The highest BCUT2D eigenvalue weighted by Gasteiger charge is 2.50. The Balaban J connectivity index is 1.44. The van der Waals surface area contributed by atoms with Crippen LogP contribution in [0.15, 0.2) is 42.7 Å². The summed E-state index contributed by atoms with van der Waals surface area (Å²) >= 11 is 0. The van der Waals surface area contributed by atoms with Crippen molar-refractivity contribution in [2.45, 2.75) is 12.5 Å². The lowest BCUT2D eigenvalue weighted by molar-refractivity contribution is -0.132. The van der Waals surface area contributed by atoms with Crippen LogP contribution >= 0.6 is 0 Å². The van der Waals surface area contributed by atoms with Gasteiger partial charge in [0.05, 0.1) is 6.67 Å². The molecule has 3 heterocycles. The number of hydrogen-bond acceptors (Lipinski definition) is 5. The van der Waals surface area contributed by atoms with Crippen LogP contribution in [0.3, 0.4) is 0 Å². The van der Waals surface area contributed by atoms with Crippen LogP contribution in [0.4, 0.5) is 19.3 Å². The number of hydrogen-bond donors (Lipinski definition) is 1. The van der Waals surface area contributed by atoms with E-state index < -0.39 is 29.1 Å². The van der Waals surface area contributed by atoms with Gasteiger partial charge in [-0.1, -0.05) is 0 Å². The van der Waals surface area contributed by atoms with Crippen molar-refractivity contribution >= 4 is 17.6 Å². The summed E-state index contributed by atoms with van der Waals surface area (Å²) in [6, 6.07) is 6.14. The molecule has 152 valence electrons. The van der Waals surface area contributed by atoms with Gasteiger partial charge in [0.25, 0.3) is 5.91 Å². The molecule has 0 radical (unpaired) electrons. The van der Waals surface area contributed by atoms with Crippen molar-refractivity contribution in [1.82, 2.24) is 20.1 Å². The number of amides is 3. The molecule has 1 atom stereocenters. The summed E-state index contributed by atoms with van der Waals surface area (Å²) < 4.78 is 27.9. The number of carbonyl (C=O) groups excluding carboxylic acids is 2. The molecule has 0 bridgehead atoms. The van der Waals surface area contributed by atoms with Gasteiger partial charge in [-0.05, 0) is 37.3 Å². The summed E-state index contributed by atoms with van der Waals surface area (Å²) in [5.41, 5.74) is -0.744. The molecule has 1 N–H and O–H groups in total. The van der Waals surface area contributed by atoms with E-state index in [0.717, 1.165) is 41.9 Å². The minimum Gasteiger partial charge on any atom is -0.369 e. The number of imide groups is 1. The second-order valence-corrected chi connectivity index (χ2v) is 7.36. The van der Waals surface area contributed by atoms with E-state index in [2.05, 4.69) is 15.2 Å². The van der Waals surface area contributed by atoms with Gasteiger partial charge < -0.3 is 10.2 Å². The normalized spacial score (nSPS) is 22.9. The lowest BCUT2D eigenvalue weighted by Gasteiger charge is -2.37. The van der Waals surface area contributed by atoms with E-state index in [1.54, 1.807) is 12.4 Å². The summed E-state index contributed by atoms with van der Waals surface area (Å²) in [5.74, 6) is -2.01. The van der Waals surface area contributed by atoms with Gasteiger partial charge in [-0.2, -0.15) is 0 Å². The van der Waals surface area contributed by atoms with Crippen LogP contribution in [0.5, 0.6) is 0 Å². The molecular formula is C20H21F2N5O2. The average molecular weight is 401 g/mol. The second-order valence-electron chi connectivity index (χ2n) is 7.36. The third-order valence-corrected chi connectivity index (χ3v) is 5.48. The maximum Gasteiger partial charge on any atom is 0.326 e. The molecule has 2 saturated heterocycles. The van der Waals surface area contributed by atoms with E-state index in [0.29, 0.717) is 13.1 Å². The monoisotopic (exact) mass is 401 g/mol. The van der Waals surface area contributed by atoms with Gasteiger partial charge in [0.15, 0.2) is 0 Å². The van der Waals surface area contributed by atoms with Gasteiger partial charge in [-0.3, -0.25) is 14.7 Å². The largest absolute Gasteiger partial charge is 0.369 e. The van der Waals surface area contributed by atoms with Crippen LogP contribution in [0, 0.1) is 11.6 Å². The molecule has 1 aromatic heterocycles. The predicted octanol–water partition coefficient (Wildman–Crippen LogP) is 1.91. The summed E-state index contributed by atoms with van der Waals surface area (Å²) in [7, 11) is 0. The molecule has 29 heavy (non-hydrogen) atoms. The number of pyridine rings is 1. The smallest absolute Gasteiger partial charge is 0.326 e. The molecule has 9 heteroatoms. The number of aromatic nitrogens is 1. The van der Waals surface area contributed by atoms with E-state index in [4.69, 9.17) is 0 Å². The Kier molecular flexibility index (Phi) is 4.91. The van der Waals surface area contributed by atoms with E-state index in [1.165, 1.54) is 6.92 Å². The quantitative estimate of drug-likeness (QED) is 0.793. The third-order valence-electron chi connectivity index (χ3n) is 5.48. The van der Waals surface area contributed by atoms with Gasteiger partial charge >= 0.3 is 6.03 Å². The number of anilines is 1. The number of piperazine rings is 1. The first-order valence-corrected chi connectivity index (χ1v) is 9.35. The van der Waals surface area contributed by atoms with Gasteiger partial charge in [-0.15, -0.1) is 0 Å². The topological polar surface area (TPSA) is 68.8 Å². The highest BCUT2D eigenvalue weighted by atomic mass is 19.1. The van der Waals surface area contributed by atoms with Crippen molar-refractivity contribution in [3.8, 4) is 0 Å². The molecule has 2 aromatic rings. The molecule has 0 unspecified atom stereocenters. The molecular weight excluding hydrogens is 380 g/mol. The first-order chi connectivity index (χ1) is 13.9. The number of halogens is 2. The van der Waals surface area contributed by atoms with Gasteiger partial charge in [0.1, 0.15) is 17.2 Å². The fourth-order valence-corrected chi connectivity index (χ4v) is 3.79. The van der Waals surface area contributed by atoms with E-state index >= 15 is 0 Å². The van der Waals surface area contributed by atoms with E-state index in [-0.39, 0.29) is 12.2 Å². The van der Waals surface area contributed by atoms with Crippen LogP contribution in [0.25, 0.3) is 0 Å². The number of nitrogens with zero attached hydrogens (tertiary/aromatic N) is 4. The van der Waals surface area contributed by atoms with Crippen LogP contribution < -0.4 is 10.2 Å². The Morgan fingerprint density at radius 3 is 2.45 bits per heavy atom. The van der Waals surface area contributed by atoms with Crippen molar-refractivity contribution in [3.63, 3.8) is 0 Å². The maximum atomic E-state index is 14.2. The molecule has 4 rings (SSSR count). The predicted molar refractivity (Wildman–Crippen MR) is 102 cm³/mol. The average Bonchev–Trinajstić information content (AvgIpc) is 2.95. The van der Waals surface area contributed by atoms with Gasteiger partial charge in [0, 0.05) is 49.8 Å². The summed E-state index contributed by atoms with van der Waals surface area (Å²) in [6.07, 6.45) is 3.47. The van der Waals surface area contributed by atoms with Crippen molar-refractivity contribution in [3.05, 3.63) is 59.9 Å². The third kappa shape index (κ3) is 3.53. The zero-order chi connectivity index (χ0) is 20.6. The van der Waals surface area contributed by atoms with Gasteiger partial charge in [0.2, 0.25) is 0 Å². The minimum absolute atomic E-state index is 0.0986. The van der Waals surface area contributed by atoms with Crippen molar-refractivity contribution in [2.24, 2.45) is 0 Å². The Morgan fingerprint density at radius 1 is 1.07 bits per heavy atom. The number of nitrogens with one attached hydrogen (secondary N) is 1. The number of rotatable bonds is 4. The molecule has 0 saturated carbocycles. The van der Waals surface area contributed by atoms with Crippen molar-refractivity contribution in [1.29, 1.82) is 0 Å². The van der Waals surface area contributed by atoms with Crippen molar-refractivity contribution < 1.29 is 18.4 Å². The molecule has 3 amide bonds. The van der Waals surface area contributed by atoms with Crippen LogP contribution in [-0.4, -0.2) is 59.6 Å². The molecule has 0 aliphatic carbocycles. The molecule has 1 aromatic carbocycles. The van der Waals surface area contributed by atoms with E-state index in [1.807, 2.05) is 17.0 Å². The minimum atomic E-state index is -1.64. The summed E-state index contributed by atoms with van der Waals surface area (Å²) in [4.78, 5) is 34.7. The van der Waals surface area contributed by atoms with Crippen LogP contribution in [-0.2, 0) is 10.3 Å². The highest BCUT2D eigenvalue weighted by Crippen LogP contribution is 2.31. The lowest BCUT2D eigenvalue weighted by atomic mass is 9.91. The molecule has 2 aliphatic heterocycles. The molecule has 2 aliphatic rings. The van der Waals surface area contributed by atoms with Crippen LogP contribution in [0.1, 0.15) is 12.5 Å². The zero-order valence-corrected chi connectivity index (χ0v) is 15.9. The number of benzene rings is 1. The Bertz CT molecular complexity index is 934.